The van der Waals surface area contributed by atoms with Crippen molar-refractivity contribution in [2.75, 3.05) is 31.6 Å². The summed E-state index contributed by atoms with van der Waals surface area (Å²) in [6.07, 6.45) is 9.01. The zero-order valence-corrected chi connectivity index (χ0v) is 13.4. The minimum absolute atomic E-state index is 0.0830. The molecule has 8 nitrogen and oxygen atoms in total. The lowest BCUT2D eigenvalue weighted by Gasteiger charge is -2.48. The molecule has 0 aliphatic carbocycles. The second-order valence-electron chi connectivity index (χ2n) is 6.18. The number of carbonyl (C=O) groups is 1. The minimum Gasteiger partial charge on any atom is -0.381 e. The Labute approximate surface area is 139 Å². The summed E-state index contributed by atoms with van der Waals surface area (Å²) >= 11 is 0. The Morgan fingerprint density at radius 3 is 3.00 bits per heavy atom. The van der Waals surface area contributed by atoms with E-state index in [0.717, 1.165) is 31.5 Å². The second-order valence-corrected chi connectivity index (χ2v) is 6.18. The molecule has 2 N–H and O–H groups in total. The number of amides is 1. The average molecular weight is 328 g/mol. The highest BCUT2D eigenvalue weighted by Crippen LogP contribution is 2.41. The predicted molar refractivity (Wildman–Crippen MR) is 86.3 cm³/mol. The van der Waals surface area contributed by atoms with Crippen LogP contribution in [0.25, 0.3) is 0 Å². The molecular formula is C16H20N6O2. The molecule has 2 aliphatic heterocycles. The fourth-order valence-corrected chi connectivity index (χ4v) is 3.74. The first-order valence-electron chi connectivity index (χ1n) is 8.19. The Bertz CT molecular complexity index is 710. The van der Waals surface area contributed by atoms with Crippen molar-refractivity contribution in [2.24, 2.45) is 0 Å². The van der Waals surface area contributed by atoms with E-state index in [2.05, 4.69) is 30.2 Å². The van der Waals surface area contributed by atoms with Crippen molar-refractivity contribution >= 4 is 11.7 Å². The third-order valence-electron chi connectivity index (χ3n) is 4.88. The van der Waals surface area contributed by atoms with Gasteiger partial charge in [-0.15, -0.1) is 0 Å². The number of nitrogens with one attached hydrogen (secondary N) is 2. The number of aromatic nitrogens is 4. The number of aromatic amines is 1. The molecule has 2 aromatic heterocycles. The number of hydrogen-bond donors (Lipinski definition) is 2. The molecule has 2 aromatic rings. The lowest BCUT2D eigenvalue weighted by molar-refractivity contribution is -0.121. The summed E-state index contributed by atoms with van der Waals surface area (Å²) in [6, 6.07) is 0. The highest BCUT2D eigenvalue weighted by Gasteiger charge is 2.46. The van der Waals surface area contributed by atoms with Crippen LogP contribution in [0.2, 0.25) is 0 Å². The van der Waals surface area contributed by atoms with Crippen molar-refractivity contribution in [3.8, 4) is 0 Å². The number of ether oxygens (including phenoxy) is 1. The van der Waals surface area contributed by atoms with Gasteiger partial charge in [-0.25, -0.2) is 9.97 Å². The van der Waals surface area contributed by atoms with Crippen molar-refractivity contribution in [2.45, 2.75) is 24.8 Å². The molecule has 126 valence electrons. The Kier molecular flexibility index (Phi) is 3.99. The van der Waals surface area contributed by atoms with Gasteiger partial charge in [0.1, 0.15) is 0 Å². The Hall–Kier alpha value is -2.32. The van der Waals surface area contributed by atoms with E-state index in [1.54, 1.807) is 24.9 Å². The summed E-state index contributed by atoms with van der Waals surface area (Å²) in [5, 5.41) is 2.82. The van der Waals surface area contributed by atoms with Crippen LogP contribution < -0.4 is 5.32 Å². The van der Waals surface area contributed by atoms with Crippen LogP contribution in [0.15, 0.2) is 24.9 Å². The fraction of sp³-hybridized carbons (Fsp3) is 0.500. The SMILES string of the molecule is O=C(CN1CCc2[nH]cnc2C12CCOCC2)Nc1cnccn1. The van der Waals surface area contributed by atoms with Gasteiger partial charge in [0.25, 0.3) is 0 Å². The van der Waals surface area contributed by atoms with E-state index in [4.69, 9.17) is 4.74 Å². The number of rotatable bonds is 3. The third kappa shape index (κ3) is 2.67. The summed E-state index contributed by atoms with van der Waals surface area (Å²) < 4.78 is 5.55. The van der Waals surface area contributed by atoms with Gasteiger partial charge in [-0.05, 0) is 12.8 Å². The molecule has 0 saturated carbocycles. The van der Waals surface area contributed by atoms with E-state index in [-0.39, 0.29) is 11.4 Å². The van der Waals surface area contributed by atoms with Gasteiger partial charge in [-0.2, -0.15) is 0 Å². The molecule has 0 radical (unpaired) electrons. The average Bonchev–Trinajstić information content (AvgIpc) is 3.09. The molecule has 0 bridgehead atoms. The maximum absolute atomic E-state index is 12.5. The molecule has 2 aliphatic rings. The zero-order valence-electron chi connectivity index (χ0n) is 13.4. The van der Waals surface area contributed by atoms with Crippen molar-refractivity contribution in [1.82, 2.24) is 24.8 Å². The van der Waals surface area contributed by atoms with Gasteiger partial charge >= 0.3 is 0 Å². The normalized spacial score (nSPS) is 19.8. The van der Waals surface area contributed by atoms with Crippen LogP contribution in [-0.2, 0) is 21.5 Å². The van der Waals surface area contributed by atoms with E-state index in [0.29, 0.717) is 25.6 Å². The van der Waals surface area contributed by atoms with Gasteiger partial charge in [-0.1, -0.05) is 0 Å². The summed E-state index contributed by atoms with van der Waals surface area (Å²) in [6.45, 7) is 2.51. The van der Waals surface area contributed by atoms with E-state index in [1.165, 1.54) is 5.69 Å². The molecule has 4 heterocycles. The van der Waals surface area contributed by atoms with E-state index < -0.39 is 0 Å². The maximum Gasteiger partial charge on any atom is 0.239 e. The number of fused-ring (bicyclic) bond motifs is 2. The molecule has 0 unspecified atom stereocenters. The highest BCUT2D eigenvalue weighted by atomic mass is 16.5. The summed E-state index contributed by atoms with van der Waals surface area (Å²) in [5.74, 6) is 0.390. The molecule has 8 heteroatoms. The molecule has 0 atom stereocenters. The molecule has 24 heavy (non-hydrogen) atoms. The minimum atomic E-state index is -0.217. The molecule has 1 saturated heterocycles. The summed E-state index contributed by atoms with van der Waals surface area (Å²) in [5.41, 5.74) is 2.04. The van der Waals surface area contributed by atoms with Gasteiger partial charge < -0.3 is 15.0 Å². The number of hydrogen-bond acceptors (Lipinski definition) is 6. The largest absolute Gasteiger partial charge is 0.381 e. The van der Waals surface area contributed by atoms with Crippen LogP contribution in [0.4, 0.5) is 5.82 Å². The highest BCUT2D eigenvalue weighted by molar-refractivity contribution is 5.91. The Balaban J connectivity index is 1.54. The van der Waals surface area contributed by atoms with Gasteiger partial charge in [0.15, 0.2) is 5.82 Å². The topological polar surface area (TPSA) is 96.0 Å². The lowest BCUT2D eigenvalue weighted by Crippen LogP contribution is -2.55. The number of imidazole rings is 1. The summed E-state index contributed by atoms with van der Waals surface area (Å²) in [4.78, 5) is 30.6. The van der Waals surface area contributed by atoms with Crippen LogP contribution in [0.3, 0.4) is 0 Å². The van der Waals surface area contributed by atoms with Gasteiger partial charge in [-0.3, -0.25) is 14.7 Å². The van der Waals surface area contributed by atoms with E-state index in [1.807, 2.05) is 0 Å². The van der Waals surface area contributed by atoms with Gasteiger partial charge in [0.05, 0.1) is 30.3 Å². The standard InChI is InChI=1S/C16H20N6O2/c23-14(21-13-9-17-4-5-18-13)10-22-6-1-12-15(20-11-19-12)16(22)2-7-24-8-3-16/h4-5,9,11H,1-3,6-8,10H2,(H,19,20)(H,18,21,23). The maximum atomic E-state index is 12.5. The number of H-pyrrole nitrogens is 1. The molecule has 0 aromatic carbocycles. The first-order valence-corrected chi connectivity index (χ1v) is 8.19. The van der Waals surface area contributed by atoms with Crippen molar-refractivity contribution in [1.29, 1.82) is 0 Å². The smallest absolute Gasteiger partial charge is 0.239 e. The van der Waals surface area contributed by atoms with Crippen LogP contribution in [-0.4, -0.2) is 57.0 Å². The van der Waals surface area contributed by atoms with Crippen LogP contribution in [0, 0.1) is 0 Å². The lowest BCUT2D eigenvalue weighted by atomic mass is 9.80. The second kappa shape index (κ2) is 6.29. The third-order valence-corrected chi connectivity index (χ3v) is 4.88. The quantitative estimate of drug-likeness (QED) is 0.861. The van der Waals surface area contributed by atoms with Crippen LogP contribution >= 0.6 is 0 Å². The van der Waals surface area contributed by atoms with Gasteiger partial charge in [0, 0.05) is 44.3 Å². The van der Waals surface area contributed by atoms with Crippen molar-refractivity contribution in [3.05, 3.63) is 36.3 Å². The van der Waals surface area contributed by atoms with Gasteiger partial charge in [0.2, 0.25) is 5.91 Å². The molecule has 1 amide bonds. The van der Waals surface area contributed by atoms with Crippen LogP contribution in [0.1, 0.15) is 24.2 Å². The van der Waals surface area contributed by atoms with Crippen molar-refractivity contribution < 1.29 is 9.53 Å². The molecule has 4 rings (SSSR count). The molecular weight excluding hydrogens is 308 g/mol. The monoisotopic (exact) mass is 328 g/mol. The van der Waals surface area contributed by atoms with E-state index in [9.17, 15) is 4.79 Å². The predicted octanol–water partition coefficient (Wildman–Crippen LogP) is 0.702. The summed E-state index contributed by atoms with van der Waals surface area (Å²) in [7, 11) is 0. The number of nitrogens with zero attached hydrogens (tertiary/aromatic N) is 4. The van der Waals surface area contributed by atoms with Crippen LogP contribution in [0.5, 0.6) is 0 Å². The Morgan fingerprint density at radius 2 is 2.21 bits per heavy atom. The molecule has 1 fully saturated rings. The zero-order chi connectivity index (χ0) is 16.4. The molecule has 1 spiro atoms. The first kappa shape index (κ1) is 15.2. The van der Waals surface area contributed by atoms with Crippen molar-refractivity contribution in [3.63, 3.8) is 0 Å². The fourth-order valence-electron chi connectivity index (χ4n) is 3.74. The Morgan fingerprint density at radius 1 is 1.33 bits per heavy atom. The number of carbonyl (C=O) groups excluding carboxylic acids is 1. The number of anilines is 1. The van der Waals surface area contributed by atoms with E-state index >= 15 is 0 Å². The first-order chi connectivity index (χ1) is 11.8.